The molecule has 0 saturated heterocycles. The summed E-state index contributed by atoms with van der Waals surface area (Å²) >= 11 is 5.51. The molecule has 1 nitrogen and oxygen atoms in total. The van der Waals surface area contributed by atoms with Crippen molar-refractivity contribution in [2.24, 2.45) is 0 Å². The Hall–Kier alpha value is 0.0700. The van der Waals surface area contributed by atoms with E-state index in [0.717, 1.165) is 10.6 Å². The Morgan fingerprint density at radius 2 is 1.91 bits per heavy atom. The van der Waals surface area contributed by atoms with Crippen LogP contribution in [0.25, 0.3) is 0 Å². The van der Waals surface area contributed by atoms with Crippen molar-refractivity contribution in [2.45, 2.75) is 4.90 Å². The summed E-state index contributed by atoms with van der Waals surface area (Å²) in [5, 5.41) is 0. The molecule has 1 aromatic carbocycles. The van der Waals surface area contributed by atoms with Crippen molar-refractivity contribution in [1.82, 2.24) is 0 Å². The van der Waals surface area contributed by atoms with E-state index in [1.165, 1.54) is 11.1 Å². The van der Waals surface area contributed by atoms with Gasteiger partial charge in [0.15, 0.2) is 0 Å². The van der Waals surface area contributed by atoms with E-state index in [1.54, 1.807) is 10.8 Å². The SMILES string of the molecule is CSSOc1ccc(S)cc1. The zero-order chi connectivity index (χ0) is 8.10. The molecule has 60 valence electrons. The van der Waals surface area contributed by atoms with Crippen LogP contribution in [0.3, 0.4) is 0 Å². The minimum absolute atomic E-state index is 0.863. The molecule has 0 unspecified atom stereocenters. The standard InChI is InChI=1S/C7H8OS3/c1-10-11-8-6-2-4-7(9)5-3-6/h2-5,9H,1H3. The summed E-state index contributed by atoms with van der Waals surface area (Å²) in [6.07, 6.45) is 1.97. The van der Waals surface area contributed by atoms with Gasteiger partial charge in [0.25, 0.3) is 0 Å². The third-order valence-electron chi connectivity index (χ3n) is 1.04. The molecule has 1 rings (SSSR count). The smallest absolute Gasteiger partial charge is 0.138 e. The van der Waals surface area contributed by atoms with Crippen molar-refractivity contribution in [2.75, 3.05) is 6.26 Å². The summed E-state index contributed by atoms with van der Waals surface area (Å²) < 4.78 is 5.26. The molecule has 0 radical (unpaired) electrons. The normalized spacial score (nSPS) is 9.64. The van der Waals surface area contributed by atoms with Gasteiger partial charge in [0, 0.05) is 4.90 Å². The van der Waals surface area contributed by atoms with Gasteiger partial charge in [-0.1, -0.05) is 10.8 Å². The summed E-state index contributed by atoms with van der Waals surface area (Å²) in [6, 6.07) is 7.59. The van der Waals surface area contributed by atoms with Crippen molar-refractivity contribution in [3.8, 4) is 5.75 Å². The van der Waals surface area contributed by atoms with Crippen molar-refractivity contribution >= 4 is 34.5 Å². The van der Waals surface area contributed by atoms with Gasteiger partial charge in [0.2, 0.25) is 0 Å². The van der Waals surface area contributed by atoms with Gasteiger partial charge in [-0.2, -0.15) is 0 Å². The van der Waals surface area contributed by atoms with Gasteiger partial charge in [-0.05, 0) is 30.5 Å². The molecule has 0 aliphatic rings. The Kier molecular flexibility index (Phi) is 4.04. The van der Waals surface area contributed by atoms with Crippen LogP contribution in [-0.2, 0) is 0 Å². The van der Waals surface area contributed by atoms with E-state index in [-0.39, 0.29) is 0 Å². The van der Waals surface area contributed by atoms with E-state index in [4.69, 9.17) is 4.18 Å². The van der Waals surface area contributed by atoms with Gasteiger partial charge in [-0.3, -0.25) is 0 Å². The number of hydrogen-bond acceptors (Lipinski definition) is 4. The monoisotopic (exact) mass is 204 g/mol. The third-order valence-corrected chi connectivity index (χ3v) is 2.34. The first-order valence-corrected chi connectivity index (χ1v) is 5.92. The highest BCUT2D eigenvalue weighted by Crippen LogP contribution is 2.24. The van der Waals surface area contributed by atoms with Crippen molar-refractivity contribution < 1.29 is 4.18 Å². The second kappa shape index (κ2) is 4.85. The van der Waals surface area contributed by atoms with E-state index in [1.807, 2.05) is 30.5 Å². The summed E-state index contributed by atoms with van der Waals surface area (Å²) in [7, 11) is 1.58. The van der Waals surface area contributed by atoms with Gasteiger partial charge in [-0.25, -0.2) is 0 Å². The molecular formula is C7H8OS3. The van der Waals surface area contributed by atoms with E-state index in [9.17, 15) is 0 Å². The first-order valence-electron chi connectivity index (χ1n) is 2.99. The van der Waals surface area contributed by atoms with E-state index in [2.05, 4.69) is 12.6 Å². The Morgan fingerprint density at radius 1 is 1.27 bits per heavy atom. The Labute approximate surface area is 79.9 Å². The van der Waals surface area contributed by atoms with Crippen LogP contribution in [-0.4, -0.2) is 6.26 Å². The highest BCUT2D eigenvalue weighted by molar-refractivity contribution is 8.74. The fraction of sp³-hybridized carbons (Fsp3) is 0.143. The van der Waals surface area contributed by atoms with E-state index >= 15 is 0 Å². The maximum Gasteiger partial charge on any atom is 0.138 e. The first-order chi connectivity index (χ1) is 5.33. The van der Waals surface area contributed by atoms with Crippen molar-refractivity contribution in [3.05, 3.63) is 24.3 Å². The Balaban J connectivity index is 2.52. The van der Waals surface area contributed by atoms with E-state index in [0.29, 0.717) is 0 Å². The minimum Gasteiger partial charge on any atom is -0.414 e. The van der Waals surface area contributed by atoms with Gasteiger partial charge in [0.05, 0.1) is 0 Å². The molecule has 0 fully saturated rings. The quantitative estimate of drug-likeness (QED) is 0.460. The van der Waals surface area contributed by atoms with Crippen LogP contribution in [0.5, 0.6) is 5.75 Å². The molecule has 11 heavy (non-hydrogen) atoms. The lowest BCUT2D eigenvalue weighted by molar-refractivity contribution is 0.655. The van der Waals surface area contributed by atoms with Crippen molar-refractivity contribution in [3.63, 3.8) is 0 Å². The molecule has 0 spiro atoms. The molecule has 1 aromatic rings. The molecule has 0 atom stereocenters. The average Bonchev–Trinajstić information content (AvgIpc) is 2.04. The zero-order valence-electron chi connectivity index (χ0n) is 5.98. The zero-order valence-corrected chi connectivity index (χ0v) is 8.51. The molecule has 0 aromatic heterocycles. The number of benzene rings is 1. The fourth-order valence-corrected chi connectivity index (χ4v) is 1.42. The van der Waals surface area contributed by atoms with Crippen LogP contribution in [0.2, 0.25) is 0 Å². The van der Waals surface area contributed by atoms with Crippen LogP contribution in [0.1, 0.15) is 0 Å². The van der Waals surface area contributed by atoms with Crippen LogP contribution >= 0.6 is 34.5 Å². The molecule has 0 amide bonds. The molecule has 0 heterocycles. The molecule has 0 aliphatic heterocycles. The highest BCUT2D eigenvalue weighted by Gasteiger charge is 1.91. The van der Waals surface area contributed by atoms with Crippen molar-refractivity contribution in [1.29, 1.82) is 0 Å². The predicted molar refractivity (Wildman–Crippen MR) is 55.4 cm³/mol. The molecule has 4 heteroatoms. The van der Waals surface area contributed by atoms with Gasteiger partial charge >= 0.3 is 0 Å². The summed E-state index contributed by atoms with van der Waals surface area (Å²) in [5.41, 5.74) is 0. The number of hydrogen-bond donors (Lipinski definition) is 1. The molecular weight excluding hydrogens is 196 g/mol. The minimum atomic E-state index is 0.863. The van der Waals surface area contributed by atoms with Gasteiger partial charge in [-0.15, -0.1) is 12.6 Å². The van der Waals surface area contributed by atoms with E-state index < -0.39 is 0 Å². The molecule has 0 bridgehead atoms. The largest absolute Gasteiger partial charge is 0.414 e. The summed E-state index contributed by atoms with van der Waals surface area (Å²) in [6.45, 7) is 0. The summed E-state index contributed by atoms with van der Waals surface area (Å²) in [5.74, 6) is 0.863. The van der Waals surface area contributed by atoms with Crippen LogP contribution in [0, 0.1) is 0 Å². The average molecular weight is 204 g/mol. The second-order valence-electron chi connectivity index (χ2n) is 1.81. The maximum absolute atomic E-state index is 5.26. The highest BCUT2D eigenvalue weighted by atomic mass is 33.1. The maximum atomic E-state index is 5.26. The third kappa shape index (κ3) is 3.31. The lowest BCUT2D eigenvalue weighted by atomic mass is 10.3. The lowest BCUT2D eigenvalue weighted by Crippen LogP contribution is -1.76. The van der Waals surface area contributed by atoms with Gasteiger partial charge in [0.1, 0.15) is 16.8 Å². The van der Waals surface area contributed by atoms with Crippen LogP contribution < -0.4 is 4.18 Å². The second-order valence-corrected chi connectivity index (χ2v) is 4.37. The topological polar surface area (TPSA) is 9.23 Å². The number of rotatable bonds is 3. The Bertz CT molecular complexity index is 209. The van der Waals surface area contributed by atoms with Crippen LogP contribution in [0.15, 0.2) is 29.2 Å². The summed E-state index contributed by atoms with van der Waals surface area (Å²) in [4.78, 5) is 0.950. The molecule has 0 N–H and O–H groups in total. The predicted octanol–water partition coefficient (Wildman–Crippen LogP) is 3.28. The number of thiol groups is 1. The van der Waals surface area contributed by atoms with Gasteiger partial charge < -0.3 is 4.18 Å². The fourth-order valence-electron chi connectivity index (χ4n) is 0.575. The molecule has 0 saturated carbocycles. The van der Waals surface area contributed by atoms with Crippen LogP contribution in [0.4, 0.5) is 0 Å². The lowest BCUT2D eigenvalue weighted by Gasteiger charge is -1.99. The Morgan fingerprint density at radius 3 is 2.45 bits per heavy atom. The molecule has 0 aliphatic carbocycles. The first kappa shape index (κ1) is 9.16.